The lowest BCUT2D eigenvalue weighted by molar-refractivity contribution is -0.167. The second-order valence-electron chi connectivity index (χ2n) is 24.1. The highest BCUT2D eigenvalue weighted by Crippen LogP contribution is 2.17. The van der Waals surface area contributed by atoms with Crippen molar-refractivity contribution in [3.63, 3.8) is 0 Å². The number of hydrogen-bond donors (Lipinski definition) is 0. The molecule has 0 radical (unpaired) electrons. The molecule has 0 aromatic heterocycles. The molecule has 0 amide bonds. The first-order valence-corrected chi connectivity index (χ1v) is 35.9. The van der Waals surface area contributed by atoms with Gasteiger partial charge in [-0.15, -0.1) is 0 Å². The zero-order valence-corrected chi connectivity index (χ0v) is 54.8. The molecule has 0 aliphatic heterocycles. The first-order chi connectivity index (χ1) is 40.5. The predicted octanol–water partition coefficient (Wildman–Crippen LogP) is 24.8. The van der Waals surface area contributed by atoms with Crippen LogP contribution in [0.15, 0.2) is 72.9 Å². The number of carbonyl (C=O) groups excluding carboxylic acids is 3. The van der Waals surface area contributed by atoms with Crippen molar-refractivity contribution in [2.45, 2.75) is 380 Å². The molecule has 6 heteroatoms. The molecule has 0 spiro atoms. The van der Waals surface area contributed by atoms with Gasteiger partial charge < -0.3 is 14.2 Å². The smallest absolute Gasteiger partial charge is 0.306 e. The first-order valence-electron chi connectivity index (χ1n) is 35.9. The highest BCUT2D eigenvalue weighted by Gasteiger charge is 2.19. The van der Waals surface area contributed by atoms with Crippen LogP contribution in [0.5, 0.6) is 0 Å². The highest BCUT2D eigenvalue weighted by atomic mass is 16.6. The average Bonchev–Trinajstić information content (AvgIpc) is 3.48. The van der Waals surface area contributed by atoms with Crippen molar-refractivity contribution in [2.24, 2.45) is 0 Å². The van der Waals surface area contributed by atoms with Crippen molar-refractivity contribution in [3.8, 4) is 0 Å². The summed E-state index contributed by atoms with van der Waals surface area (Å²) >= 11 is 0. The highest BCUT2D eigenvalue weighted by molar-refractivity contribution is 5.71. The number of allylic oxidation sites excluding steroid dienone is 12. The van der Waals surface area contributed by atoms with E-state index >= 15 is 0 Å². The van der Waals surface area contributed by atoms with Crippen LogP contribution >= 0.6 is 0 Å². The van der Waals surface area contributed by atoms with Crippen molar-refractivity contribution in [2.75, 3.05) is 13.2 Å². The van der Waals surface area contributed by atoms with Gasteiger partial charge in [-0.05, 0) is 116 Å². The number of esters is 3. The minimum absolute atomic E-state index is 0.0810. The van der Waals surface area contributed by atoms with Crippen LogP contribution in [0, 0.1) is 0 Å². The summed E-state index contributed by atoms with van der Waals surface area (Å²) in [5, 5.41) is 0. The molecular weight excluding hydrogens is 1010 g/mol. The zero-order chi connectivity index (χ0) is 59.2. The maximum Gasteiger partial charge on any atom is 0.306 e. The molecule has 0 saturated carbocycles. The van der Waals surface area contributed by atoms with E-state index < -0.39 is 6.10 Å². The molecule has 0 aliphatic carbocycles. The van der Waals surface area contributed by atoms with Crippen molar-refractivity contribution in [1.82, 2.24) is 0 Å². The van der Waals surface area contributed by atoms with Crippen LogP contribution < -0.4 is 0 Å². The van der Waals surface area contributed by atoms with E-state index in [1.54, 1.807) is 0 Å². The summed E-state index contributed by atoms with van der Waals surface area (Å²) in [5.41, 5.74) is 0. The number of rotatable bonds is 66. The second-order valence-corrected chi connectivity index (χ2v) is 24.1. The Labute approximate surface area is 510 Å². The van der Waals surface area contributed by atoms with Gasteiger partial charge in [0.25, 0.3) is 0 Å². The van der Waals surface area contributed by atoms with Gasteiger partial charge in [0.2, 0.25) is 0 Å². The Morgan fingerprint density at radius 2 is 0.439 bits per heavy atom. The van der Waals surface area contributed by atoms with Gasteiger partial charge in [0.1, 0.15) is 13.2 Å². The minimum Gasteiger partial charge on any atom is -0.462 e. The van der Waals surface area contributed by atoms with Crippen LogP contribution in [0.3, 0.4) is 0 Å². The molecule has 6 nitrogen and oxygen atoms in total. The molecule has 0 saturated heterocycles. The Hall–Kier alpha value is -3.15. The maximum absolute atomic E-state index is 13.0. The third-order valence-electron chi connectivity index (χ3n) is 15.9. The molecule has 0 bridgehead atoms. The van der Waals surface area contributed by atoms with Gasteiger partial charge in [0.15, 0.2) is 6.10 Å². The van der Waals surface area contributed by atoms with Gasteiger partial charge in [-0.3, -0.25) is 14.4 Å². The number of hydrogen-bond acceptors (Lipinski definition) is 6. The van der Waals surface area contributed by atoms with E-state index in [0.717, 1.165) is 96.3 Å². The van der Waals surface area contributed by atoms with Gasteiger partial charge in [0.05, 0.1) is 0 Å². The van der Waals surface area contributed by atoms with Gasteiger partial charge in [-0.1, -0.05) is 312 Å². The molecule has 0 N–H and O–H groups in total. The van der Waals surface area contributed by atoms with E-state index in [1.165, 1.54) is 238 Å². The fraction of sp³-hybridized carbons (Fsp3) is 0.803. The molecule has 0 rings (SSSR count). The van der Waals surface area contributed by atoms with Crippen molar-refractivity contribution < 1.29 is 28.6 Å². The van der Waals surface area contributed by atoms with Gasteiger partial charge in [-0.2, -0.15) is 0 Å². The van der Waals surface area contributed by atoms with Gasteiger partial charge in [-0.25, -0.2) is 0 Å². The summed E-state index contributed by atoms with van der Waals surface area (Å²) in [5.74, 6) is -0.882. The average molecular weight is 1150 g/mol. The largest absolute Gasteiger partial charge is 0.462 e. The van der Waals surface area contributed by atoms with Gasteiger partial charge in [0, 0.05) is 19.3 Å². The normalized spacial score (nSPS) is 12.5. The lowest BCUT2D eigenvalue weighted by Crippen LogP contribution is -2.30. The SMILES string of the molecule is CCCCCCC/C=C\C/C=C\C/C=C\CCCCCCCCC(=O)OC(COC(=O)CCCCCCC/C=C\CCCCCCCCC)COC(=O)CCCCCCCCCCCCCCCCC/C=C\C/C=C\CCCCCCC. The lowest BCUT2D eigenvalue weighted by Gasteiger charge is -2.18. The van der Waals surface area contributed by atoms with Crippen LogP contribution in [0.4, 0.5) is 0 Å². The van der Waals surface area contributed by atoms with E-state index in [1.807, 2.05) is 0 Å². The van der Waals surface area contributed by atoms with Crippen molar-refractivity contribution in [3.05, 3.63) is 72.9 Å². The molecule has 0 heterocycles. The van der Waals surface area contributed by atoms with Crippen LogP contribution in [-0.2, 0) is 28.6 Å². The van der Waals surface area contributed by atoms with Crippen LogP contribution in [0.2, 0.25) is 0 Å². The van der Waals surface area contributed by atoms with E-state index in [2.05, 4.69) is 93.7 Å². The Kier molecular flexibility index (Phi) is 67.6. The minimum atomic E-state index is -0.787. The number of carbonyl (C=O) groups is 3. The van der Waals surface area contributed by atoms with Crippen LogP contribution in [-0.4, -0.2) is 37.2 Å². The Morgan fingerprint density at radius 3 is 0.695 bits per heavy atom. The van der Waals surface area contributed by atoms with Crippen molar-refractivity contribution >= 4 is 17.9 Å². The summed E-state index contributed by atoms with van der Waals surface area (Å²) in [4.78, 5) is 38.5. The third-order valence-corrected chi connectivity index (χ3v) is 15.9. The standard InChI is InChI=1S/C76H136O6/c1-4-7-10-13-16-19-22-25-28-31-33-35-36-37-38-39-40-42-43-45-48-51-54-57-60-63-66-69-75(78)81-72-73(71-80-74(77)68-65-62-59-56-53-50-47-30-27-24-21-18-15-12-9-6-3)82-76(79)70-67-64-61-58-55-52-49-46-44-41-34-32-29-26-23-20-17-14-11-8-5-2/h22-23,25-26,30-34,44,46-47,73H,4-21,24,27-29,35-43,45,48-72H2,1-3H3/b25-22-,26-23-,33-31-,34-32-,46-44-,47-30-. The van der Waals surface area contributed by atoms with E-state index in [9.17, 15) is 14.4 Å². The Bertz CT molecular complexity index is 1500. The predicted molar refractivity (Wildman–Crippen MR) is 358 cm³/mol. The lowest BCUT2D eigenvalue weighted by atomic mass is 10.0. The number of ether oxygens (including phenoxy) is 3. The molecule has 82 heavy (non-hydrogen) atoms. The Balaban J connectivity index is 4.32. The van der Waals surface area contributed by atoms with Crippen LogP contribution in [0.1, 0.15) is 374 Å². The fourth-order valence-electron chi connectivity index (χ4n) is 10.5. The Morgan fingerprint density at radius 1 is 0.244 bits per heavy atom. The maximum atomic E-state index is 13.0. The molecule has 1 atom stereocenters. The van der Waals surface area contributed by atoms with E-state index in [-0.39, 0.29) is 31.1 Å². The molecule has 0 aliphatic rings. The monoisotopic (exact) mass is 1150 g/mol. The zero-order valence-electron chi connectivity index (χ0n) is 54.8. The third kappa shape index (κ3) is 67.6. The van der Waals surface area contributed by atoms with E-state index in [4.69, 9.17) is 14.2 Å². The molecule has 1 unspecified atom stereocenters. The quantitative estimate of drug-likeness (QED) is 0.0261. The second kappa shape index (κ2) is 70.3. The molecule has 0 fully saturated rings. The summed E-state index contributed by atoms with van der Waals surface area (Å²) < 4.78 is 17.0. The molecular formula is C76H136O6. The summed E-state index contributed by atoms with van der Waals surface area (Å²) in [7, 11) is 0. The van der Waals surface area contributed by atoms with Crippen LogP contribution in [0.25, 0.3) is 0 Å². The first kappa shape index (κ1) is 78.8. The topological polar surface area (TPSA) is 78.9 Å². The summed E-state index contributed by atoms with van der Waals surface area (Å²) in [6, 6.07) is 0. The summed E-state index contributed by atoms with van der Waals surface area (Å²) in [6.45, 7) is 6.65. The van der Waals surface area contributed by atoms with Crippen molar-refractivity contribution in [1.29, 1.82) is 0 Å². The van der Waals surface area contributed by atoms with E-state index in [0.29, 0.717) is 19.3 Å². The summed E-state index contributed by atoms with van der Waals surface area (Å²) in [6.07, 6.45) is 92.1. The molecule has 0 aromatic carbocycles. The van der Waals surface area contributed by atoms with Gasteiger partial charge >= 0.3 is 17.9 Å². The molecule has 0 aromatic rings. The fourth-order valence-corrected chi connectivity index (χ4v) is 10.5. The molecule has 476 valence electrons. The number of unbranched alkanes of at least 4 members (excludes halogenated alkanes) is 43.